The molecule has 0 amide bonds. The first-order chi connectivity index (χ1) is 17.2. The number of fused-ring (bicyclic) bond motifs is 2. The average molecular weight is 461 g/mol. The van der Waals surface area contributed by atoms with Crippen molar-refractivity contribution < 1.29 is 9.47 Å². The maximum atomic E-state index is 6.61. The summed E-state index contributed by atoms with van der Waals surface area (Å²) in [6, 6.07) is 24.0. The lowest BCUT2D eigenvalue weighted by molar-refractivity contribution is 0.303. The molecule has 0 aliphatic carbocycles. The zero-order chi connectivity index (χ0) is 23.9. The molecule has 0 bridgehead atoms. The summed E-state index contributed by atoms with van der Waals surface area (Å²) in [5.74, 6) is 1.17. The lowest BCUT2D eigenvalue weighted by Gasteiger charge is -2.20. The van der Waals surface area contributed by atoms with Crippen LogP contribution in [-0.4, -0.2) is 18.2 Å². The number of benzene rings is 5. The molecule has 2 N–H and O–H groups in total. The minimum Gasteiger partial charge on any atom is -0.490 e. The largest absolute Gasteiger partial charge is 0.490 e. The van der Waals surface area contributed by atoms with Crippen LogP contribution in [0.5, 0.6) is 11.5 Å². The minimum absolute atomic E-state index is 0.506. The number of pyridine rings is 1. The van der Waals surface area contributed by atoms with Crippen LogP contribution in [0.3, 0.4) is 0 Å². The van der Waals surface area contributed by atoms with Crippen LogP contribution >= 0.6 is 0 Å². The van der Waals surface area contributed by atoms with Crippen molar-refractivity contribution in [2.75, 3.05) is 18.9 Å². The van der Waals surface area contributed by atoms with E-state index in [0.29, 0.717) is 30.4 Å². The molecule has 6 aromatic rings. The van der Waals surface area contributed by atoms with Crippen LogP contribution in [-0.2, 0) is 0 Å². The molecule has 0 fully saturated rings. The Morgan fingerprint density at radius 3 is 2.03 bits per heavy atom. The molecule has 6 rings (SSSR count). The highest BCUT2D eigenvalue weighted by Gasteiger charge is 2.22. The fourth-order valence-corrected chi connectivity index (χ4v) is 5.21. The van der Waals surface area contributed by atoms with Crippen molar-refractivity contribution in [3.8, 4) is 22.8 Å². The number of hydrogen-bond donors (Lipinski definition) is 1. The quantitative estimate of drug-likeness (QED) is 0.194. The third-order valence-corrected chi connectivity index (χ3v) is 6.71. The molecule has 0 aliphatic heterocycles. The van der Waals surface area contributed by atoms with Gasteiger partial charge in [-0.2, -0.15) is 0 Å². The van der Waals surface area contributed by atoms with E-state index in [9.17, 15) is 0 Å². The van der Waals surface area contributed by atoms with Gasteiger partial charge in [0.2, 0.25) is 0 Å². The predicted octanol–water partition coefficient (Wildman–Crippen LogP) is 7.96. The van der Waals surface area contributed by atoms with Gasteiger partial charge in [0, 0.05) is 10.9 Å². The van der Waals surface area contributed by atoms with E-state index in [-0.39, 0.29) is 0 Å². The smallest absolute Gasteiger partial charge is 0.172 e. The average Bonchev–Trinajstić information content (AvgIpc) is 2.90. The van der Waals surface area contributed by atoms with Gasteiger partial charge in [0.15, 0.2) is 11.5 Å². The summed E-state index contributed by atoms with van der Waals surface area (Å²) >= 11 is 0. The Bertz CT molecular complexity index is 1680. The Balaban J connectivity index is 1.74. The first-order valence-electron chi connectivity index (χ1n) is 12.4. The zero-order valence-corrected chi connectivity index (χ0v) is 20.1. The lowest BCUT2D eigenvalue weighted by Crippen LogP contribution is -2.06. The van der Waals surface area contributed by atoms with Gasteiger partial charge in [-0.15, -0.1) is 0 Å². The van der Waals surface area contributed by atoms with Crippen LogP contribution in [0.1, 0.15) is 26.7 Å². The number of nitrogen functional groups attached to an aromatic ring is 1. The first kappa shape index (κ1) is 21.5. The second kappa shape index (κ2) is 8.62. The van der Waals surface area contributed by atoms with E-state index in [1.807, 2.05) is 0 Å². The van der Waals surface area contributed by atoms with E-state index in [2.05, 4.69) is 80.6 Å². The Morgan fingerprint density at radius 1 is 0.686 bits per heavy atom. The third-order valence-electron chi connectivity index (χ3n) is 6.71. The Labute approximate surface area is 204 Å². The second-order valence-electron chi connectivity index (χ2n) is 9.01. The summed E-state index contributed by atoms with van der Waals surface area (Å²) in [5.41, 5.74) is 8.89. The van der Waals surface area contributed by atoms with Crippen molar-refractivity contribution in [2.24, 2.45) is 0 Å². The van der Waals surface area contributed by atoms with Gasteiger partial charge in [0.1, 0.15) is 11.4 Å². The van der Waals surface area contributed by atoms with Crippen LogP contribution in [0.4, 0.5) is 5.69 Å². The summed E-state index contributed by atoms with van der Waals surface area (Å²) in [7, 11) is 0. The van der Waals surface area contributed by atoms with Gasteiger partial charge in [-0.1, -0.05) is 80.6 Å². The molecule has 1 aromatic heterocycles. The number of nitrogens with two attached hydrogens (primary N) is 1. The Hall–Kier alpha value is -4.05. The fourth-order valence-electron chi connectivity index (χ4n) is 5.21. The summed E-state index contributed by atoms with van der Waals surface area (Å²) in [5, 5.41) is 9.86. The normalized spacial score (nSPS) is 11.7. The van der Waals surface area contributed by atoms with E-state index < -0.39 is 0 Å². The predicted molar refractivity (Wildman–Crippen MR) is 147 cm³/mol. The molecule has 0 aliphatic rings. The van der Waals surface area contributed by atoms with E-state index in [4.69, 9.17) is 20.2 Å². The molecule has 0 unspecified atom stereocenters. The highest BCUT2D eigenvalue weighted by Crippen LogP contribution is 2.47. The summed E-state index contributed by atoms with van der Waals surface area (Å²) in [4.78, 5) is 4.87. The monoisotopic (exact) mass is 460 g/mol. The Kier molecular flexibility index (Phi) is 5.29. The minimum atomic E-state index is 0.506. The number of anilines is 1. The highest BCUT2D eigenvalue weighted by atomic mass is 16.5. The number of ether oxygens (including phenoxy) is 2. The molecular formula is C31H28N2O2. The molecule has 174 valence electrons. The Morgan fingerprint density at radius 2 is 1.31 bits per heavy atom. The van der Waals surface area contributed by atoms with Crippen LogP contribution < -0.4 is 15.2 Å². The van der Waals surface area contributed by atoms with Crippen molar-refractivity contribution in [3.05, 3.63) is 72.9 Å². The van der Waals surface area contributed by atoms with Crippen LogP contribution in [0, 0.1) is 0 Å². The summed E-state index contributed by atoms with van der Waals surface area (Å²) in [6.45, 7) is 5.30. The molecule has 1 heterocycles. The number of nitrogens with zero attached hydrogens (tertiary/aromatic N) is 1. The molecule has 4 nitrogen and oxygen atoms in total. The van der Waals surface area contributed by atoms with Gasteiger partial charge in [-0.05, 0) is 50.5 Å². The fraction of sp³-hybridized carbons (Fsp3) is 0.194. The van der Waals surface area contributed by atoms with Crippen molar-refractivity contribution >= 4 is 48.8 Å². The van der Waals surface area contributed by atoms with Crippen molar-refractivity contribution in [1.82, 2.24) is 4.98 Å². The molecule has 0 atom stereocenters. The maximum absolute atomic E-state index is 6.61. The van der Waals surface area contributed by atoms with Gasteiger partial charge in [-0.25, -0.2) is 4.98 Å². The van der Waals surface area contributed by atoms with Gasteiger partial charge < -0.3 is 15.2 Å². The topological polar surface area (TPSA) is 57.4 Å². The van der Waals surface area contributed by atoms with Crippen LogP contribution in [0.25, 0.3) is 54.3 Å². The summed E-state index contributed by atoms with van der Waals surface area (Å²) in [6.07, 6.45) is 3.51. The van der Waals surface area contributed by atoms with Crippen LogP contribution in [0.15, 0.2) is 72.9 Å². The number of hydrogen-bond acceptors (Lipinski definition) is 4. The van der Waals surface area contributed by atoms with Gasteiger partial charge in [-0.3, -0.25) is 0 Å². The molecule has 0 saturated carbocycles. The van der Waals surface area contributed by atoms with Gasteiger partial charge in [0.25, 0.3) is 0 Å². The van der Waals surface area contributed by atoms with E-state index in [1.165, 1.54) is 43.1 Å². The molecule has 5 aromatic carbocycles. The van der Waals surface area contributed by atoms with Gasteiger partial charge >= 0.3 is 0 Å². The standard InChI is InChI=1S/C31H28N2O2/c1-3-16-34-25-18-33-30(31(29(25)32)35-17-4-2)24-15-14-20-10-6-12-22-21-11-5-8-19-9-7-13-23(26(19)21)28(24)27(20)22/h5-15,18H,3-4,16-17H2,1-2H3,(H2,32,33). The van der Waals surface area contributed by atoms with E-state index >= 15 is 0 Å². The maximum Gasteiger partial charge on any atom is 0.172 e. The SMILES string of the molecule is CCCOc1cnc(-c2ccc3cccc4c5cccc6cccc(c2c34)c65)c(OCCC)c1N. The summed E-state index contributed by atoms with van der Waals surface area (Å²) < 4.78 is 12.1. The first-order valence-corrected chi connectivity index (χ1v) is 12.4. The van der Waals surface area contributed by atoms with E-state index in [0.717, 1.165) is 24.1 Å². The third kappa shape index (κ3) is 3.32. The van der Waals surface area contributed by atoms with E-state index in [1.54, 1.807) is 6.20 Å². The van der Waals surface area contributed by atoms with Crippen LogP contribution in [0.2, 0.25) is 0 Å². The molecule has 4 heteroatoms. The zero-order valence-electron chi connectivity index (χ0n) is 20.1. The second-order valence-corrected chi connectivity index (χ2v) is 9.01. The van der Waals surface area contributed by atoms with Crippen molar-refractivity contribution in [2.45, 2.75) is 26.7 Å². The molecule has 0 radical (unpaired) electrons. The molecule has 0 saturated heterocycles. The molecule has 0 spiro atoms. The molecular weight excluding hydrogens is 432 g/mol. The lowest BCUT2D eigenvalue weighted by atomic mass is 9.87. The van der Waals surface area contributed by atoms with Crippen molar-refractivity contribution in [3.63, 3.8) is 0 Å². The molecule has 35 heavy (non-hydrogen) atoms. The number of rotatable bonds is 7. The number of aromatic nitrogens is 1. The van der Waals surface area contributed by atoms with Gasteiger partial charge in [0.05, 0.1) is 19.4 Å². The van der Waals surface area contributed by atoms with Crippen molar-refractivity contribution in [1.29, 1.82) is 0 Å². The highest BCUT2D eigenvalue weighted by molar-refractivity contribution is 6.35.